The summed E-state index contributed by atoms with van der Waals surface area (Å²) in [6.45, 7) is 0.989. The first-order chi connectivity index (χ1) is 9.96. The second-order valence-electron chi connectivity index (χ2n) is 5.35. The monoisotopic (exact) mass is 291 g/mol. The first kappa shape index (κ1) is 15.4. The van der Waals surface area contributed by atoms with Crippen LogP contribution in [0.1, 0.15) is 24.0 Å². The topological polar surface area (TPSA) is 79.4 Å². The Kier molecular flexibility index (Phi) is 4.56. The molecule has 0 atom stereocenters. The molecule has 1 aromatic carbocycles. The third kappa shape index (κ3) is 3.38. The molecule has 2 N–H and O–H groups in total. The largest absolute Gasteiger partial charge is 0.381 e. The van der Waals surface area contributed by atoms with Crippen molar-refractivity contribution in [3.63, 3.8) is 0 Å². The number of nitrogens with two attached hydrogens (primary N) is 1. The van der Waals surface area contributed by atoms with Crippen LogP contribution in [0, 0.1) is 17.1 Å². The molecule has 1 saturated heterocycles. The molecule has 2 rings (SSSR count). The van der Waals surface area contributed by atoms with E-state index < -0.39 is 11.4 Å². The van der Waals surface area contributed by atoms with Gasteiger partial charge in [0.15, 0.2) is 0 Å². The molecule has 0 spiro atoms. The summed E-state index contributed by atoms with van der Waals surface area (Å²) in [5, 5.41) is 8.85. The fourth-order valence-corrected chi connectivity index (χ4v) is 2.42. The molecule has 1 aromatic rings. The average Bonchev–Trinajstić information content (AvgIpc) is 2.49. The second-order valence-corrected chi connectivity index (χ2v) is 5.35. The van der Waals surface area contributed by atoms with Gasteiger partial charge in [-0.3, -0.25) is 4.79 Å². The van der Waals surface area contributed by atoms with Gasteiger partial charge in [0.05, 0.1) is 17.2 Å². The van der Waals surface area contributed by atoms with Gasteiger partial charge in [0.25, 0.3) is 0 Å². The van der Waals surface area contributed by atoms with Crippen LogP contribution in [-0.2, 0) is 16.1 Å². The zero-order valence-corrected chi connectivity index (χ0v) is 11.9. The predicted molar refractivity (Wildman–Crippen MR) is 74.6 cm³/mol. The van der Waals surface area contributed by atoms with Gasteiger partial charge in [0.2, 0.25) is 5.91 Å². The maximum atomic E-state index is 13.8. The first-order valence-corrected chi connectivity index (χ1v) is 6.77. The number of carbonyl (C=O) groups is 1. The molecule has 6 heteroatoms. The zero-order valence-electron chi connectivity index (χ0n) is 11.9. The summed E-state index contributed by atoms with van der Waals surface area (Å²) in [7, 11) is 1.59. The zero-order chi connectivity index (χ0) is 15.5. The summed E-state index contributed by atoms with van der Waals surface area (Å²) in [5.41, 5.74) is 5.85. The number of ether oxygens (including phenoxy) is 1. The van der Waals surface area contributed by atoms with Crippen LogP contribution in [-0.4, -0.2) is 36.6 Å². The van der Waals surface area contributed by atoms with Gasteiger partial charge >= 0.3 is 0 Å². The summed E-state index contributed by atoms with van der Waals surface area (Å²) in [6, 6.07) is 6.05. The smallest absolute Gasteiger partial charge is 0.242 e. The van der Waals surface area contributed by atoms with E-state index in [1.54, 1.807) is 7.05 Å². The Morgan fingerprint density at radius 1 is 1.52 bits per heavy atom. The summed E-state index contributed by atoms with van der Waals surface area (Å²) in [6.07, 6.45) is 0.910. The molecule has 21 heavy (non-hydrogen) atoms. The van der Waals surface area contributed by atoms with E-state index in [-0.39, 0.29) is 12.5 Å². The van der Waals surface area contributed by atoms with E-state index >= 15 is 0 Å². The maximum Gasteiger partial charge on any atom is 0.242 e. The summed E-state index contributed by atoms with van der Waals surface area (Å²) in [5.74, 6) is -0.667. The van der Waals surface area contributed by atoms with Crippen molar-refractivity contribution in [1.82, 2.24) is 4.90 Å². The second kappa shape index (κ2) is 6.20. The minimum atomic E-state index is -0.948. The third-order valence-corrected chi connectivity index (χ3v) is 3.74. The van der Waals surface area contributed by atoms with Crippen molar-refractivity contribution in [2.75, 3.05) is 20.3 Å². The molecule has 1 amide bonds. The minimum absolute atomic E-state index is 0.0833. The number of nitriles is 1. The highest BCUT2D eigenvalue weighted by Crippen LogP contribution is 2.21. The Balaban J connectivity index is 2.12. The van der Waals surface area contributed by atoms with Crippen LogP contribution >= 0.6 is 0 Å². The highest BCUT2D eigenvalue weighted by Gasteiger charge is 2.37. The number of likely N-dealkylation sites (N-methyl/N-ethyl adjacent to an activating group) is 1. The van der Waals surface area contributed by atoms with E-state index in [1.807, 2.05) is 6.07 Å². The summed E-state index contributed by atoms with van der Waals surface area (Å²) < 4.78 is 19.0. The van der Waals surface area contributed by atoms with Gasteiger partial charge in [0, 0.05) is 32.4 Å². The van der Waals surface area contributed by atoms with Crippen molar-refractivity contribution >= 4 is 5.91 Å². The van der Waals surface area contributed by atoms with E-state index in [4.69, 9.17) is 15.7 Å². The van der Waals surface area contributed by atoms with E-state index in [2.05, 4.69) is 0 Å². The SMILES string of the molecule is CN(Cc1cc(C#N)ccc1F)C(=O)C1(N)CCOCC1. The first-order valence-electron chi connectivity index (χ1n) is 6.77. The highest BCUT2D eigenvalue weighted by molar-refractivity contribution is 5.86. The minimum Gasteiger partial charge on any atom is -0.381 e. The Morgan fingerprint density at radius 3 is 2.81 bits per heavy atom. The highest BCUT2D eigenvalue weighted by atomic mass is 19.1. The van der Waals surface area contributed by atoms with Gasteiger partial charge in [-0.05, 0) is 31.0 Å². The van der Waals surface area contributed by atoms with Gasteiger partial charge in [-0.2, -0.15) is 5.26 Å². The molecule has 0 saturated carbocycles. The molecule has 0 aliphatic carbocycles. The van der Waals surface area contributed by atoms with E-state index in [0.717, 1.165) is 0 Å². The Morgan fingerprint density at radius 2 is 2.19 bits per heavy atom. The molecule has 0 unspecified atom stereocenters. The molecule has 0 aromatic heterocycles. The van der Waals surface area contributed by atoms with Gasteiger partial charge in [-0.25, -0.2) is 4.39 Å². The molecule has 1 fully saturated rings. The molecule has 1 aliphatic heterocycles. The van der Waals surface area contributed by atoms with Crippen molar-refractivity contribution in [3.8, 4) is 6.07 Å². The summed E-state index contributed by atoms with van der Waals surface area (Å²) >= 11 is 0. The van der Waals surface area contributed by atoms with Gasteiger partial charge < -0.3 is 15.4 Å². The number of carbonyl (C=O) groups excluding carboxylic acids is 1. The molecule has 0 radical (unpaired) electrons. The lowest BCUT2D eigenvalue weighted by atomic mass is 9.89. The standard InChI is InChI=1S/C15H18FN3O2/c1-19(14(20)15(18)4-6-21-7-5-15)10-12-8-11(9-17)2-3-13(12)16/h2-3,8H,4-7,10,18H2,1H3. The number of benzene rings is 1. The van der Waals surface area contributed by atoms with E-state index in [9.17, 15) is 9.18 Å². The third-order valence-electron chi connectivity index (χ3n) is 3.74. The molecule has 0 bridgehead atoms. The number of hydrogen-bond acceptors (Lipinski definition) is 4. The Labute approximate surface area is 123 Å². The number of halogens is 1. The van der Waals surface area contributed by atoms with Crippen molar-refractivity contribution in [2.24, 2.45) is 5.73 Å². The average molecular weight is 291 g/mol. The van der Waals surface area contributed by atoms with Crippen LogP contribution in [0.25, 0.3) is 0 Å². The molecular weight excluding hydrogens is 273 g/mol. The van der Waals surface area contributed by atoms with Crippen molar-refractivity contribution in [1.29, 1.82) is 5.26 Å². The van der Waals surface area contributed by atoms with Crippen molar-refractivity contribution in [2.45, 2.75) is 24.9 Å². The normalized spacial score (nSPS) is 17.0. The Hall–Kier alpha value is -1.97. The van der Waals surface area contributed by atoms with Crippen molar-refractivity contribution < 1.29 is 13.9 Å². The molecule has 112 valence electrons. The Bertz CT molecular complexity index is 577. The number of nitrogens with zero attached hydrogens (tertiary/aromatic N) is 2. The van der Waals surface area contributed by atoms with Crippen LogP contribution < -0.4 is 5.73 Å². The molecular formula is C15H18FN3O2. The van der Waals surface area contributed by atoms with Gasteiger partial charge in [-0.15, -0.1) is 0 Å². The lowest BCUT2D eigenvalue weighted by Gasteiger charge is -2.35. The van der Waals surface area contributed by atoms with Crippen LogP contribution in [0.15, 0.2) is 18.2 Å². The maximum absolute atomic E-state index is 13.8. The van der Waals surface area contributed by atoms with Crippen LogP contribution in [0.5, 0.6) is 0 Å². The van der Waals surface area contributed by atoms with Crippen LogP contribution in [0.4, 0.5) is 4.39 Å². The van der Waals surface area contributed by atoms with Gasteiger partial charge in [-0.1, -0.05) is 0 Å². The quantitative estimate of drug-likeness (QED) is 0.906. The molecule has 1 heterocycles. The van der Waals surface area contributed by atoms with E-state index in [0.29, 0.717) is 37.2 Å². The number of amides is 1. The molecule has 5 nitrogen and oxygen atoms in total. The summed E-state index contributed by atoms with van der Waals surface area (Å²) in [4.78, 5) is 13.9. The lowest BCUT2D eigenvalue weighted by Crippen LogP contribution is -2.57. The number of rotatable bonds is 3. The van der Waals surface area contributed by atoms with Crippen molar-refractivity contribution in [3.05, 3.63) is 35.1 Å². The lowest BCUT2D eigenvalue weighted by molar-refractivity contribution is -0.139. The van der Waals surface area contributed by atoms with E-state index in [1.165, 1.54) is 23.1 Å². The fraction of sp³-hybridized carbons (Fsp3) is 0.467. The molecule has 1 aliphatic rings. The van der Waals surface area contributed by atoms with Crippen LogP contribution in [0.3, 0.4) is 0 Å². The fourth-order valence-electron chi connectivity index (χ4n) is 2.42. The predicted octanol–water partition coefficient (Wildman–Crippen LogP) is 1.16. The van der Waals surface area contributed by atoms with Gasteiger partial charge in [0.1, 0.15) is 5.82 Å². The number of hydrogen-bond donors (Lipinski definition) is 1. The van der Waals surface area contributed by atoms with Crippen LogP contribution in [0.2, 0.25) is 0 Å².